The first-order chi connectivity index (χ1) is 14.2. The molecule has 1 heterocycles. The highest BCUT2D eigenvalue weighted by atomic mass is 19.4. The lowest BCUT2D eigenvalue weighted by molar-refractivity contribution is -0.137. The van der Waals surface area contributed by atoms with Crippen molar-refractivity contribution in [3.05, 3.63) is 82.9 Å². The third-order valence-electron chi connectivity index (χ3n) is 4.99. The number of hydrogen-bond acceptors (Lipinski definition) is 2. The number of carbonyl (C=O) groups excluding carboxylic acids is 1. The number of rotatable bonds is 3. The van der Waals surface area contributed by atoms with Crippen LogP contribution >= 0.6 is 0 Å². The van der Waals surface area contributed by atoms with Gasteiger partial charge in [-0.3, -0.25) is 4.79 Å². The molecule has 0 saturated carbocycles. The van der Waals surface area contributed by atoms with E-state index in [-0.39, 0.29) is 0 Å². The van der Waals surface area contributed by atoms with E-state index in [1.54, 1.807) is 24.3 Å². The molecule has 0 unspecified atom stereocenters. The van der Waals surface area contributed by atoms with Crippen LogP contribution in [0.3, 0.4) is 0 Å². The average molecular weight is 409 g/mol. The zero-order valence-corrected chi connectivity index (χ0v) is 16.3. The number of aromatic amines is 1. The van der Waals surface area contributed by atoms with Crippen molar-refractivity contribution in [1.82, 2.24) is 9.97 Å². The van der Waals surface area contributed by atoms with Gasteiger partial charge in [0.25, 0.3) is 5.91 Å². The van der Waals surface area contributed by atoms with Crippen molar-refractivity contribution in [2.45, 2.75) is 20.0 Å². The summed E-state index contributed by atoms with van der Waals surface area (Å²) in [5.41, 5.74) is 3.90. The van der Waals surface area contributed by atoms with Crippen molar-refractivity contribution in [2.24, 2.45) is 0 Å². The Bertz CT molecular complexity index is 1200. The number of amides is 1. The predicted octanol–water partition coefficient (Wildman–Crippen LogP) is 6.12. The zero-order valence-electron chi connectivity index (χ0n) is 16.3. The summed E-state index contributed by atoms with van der Waals surface area (Å²) in [6.07, 6.45) is -4.60. The fourth-order valence-corrected chi connectivity index (χ4v) is 3.24. The Morgan fingerprint density at radius 2 is 1.63 bits per heavy atom. The molecular weight excluding hydrogens is 391 g/mol. The number of nitrogens with one attached hydrogen (secondary N) is 2. The first-order valence-corrected chi connectivity index (χ1v) is 9.27. The van der Waals surface area contributed by atoms with Crippen LogP contribution < -0.4 is 5.32 Å². The Kier molecular flexibility index (Phi) is 4.81. The summed E-state index contributed by atoms with van der Waals surface area (Å²) in [7, 11) is 0. The lowest BCUT2D eigenvalue weighted by Gasteiger charge is -2.12. The summed E-state index contributed by atoms with van der Waals surface area (Å²) in [4.78, 5) is 20.2. The van der Waals surface area contributed by atoms with E-state index in [4.69, 9.17) is 0 Å². The molecule has 152 valence electrons. The number of anilines is 1. The first-order valence-electron chi connectivity index (χ1n) is 9.27. The van der Waals surface area contributed by atoms with E-state index in [0.29, 0.717) is 11.5 Å². The number of aromatic nitrogens is 2. The molecule has 0 spiro atoms. The molecule has 0 aliphatic carbocycles. The molecule has 7 heteroatoms. The Hall–Kier alpha value is -3.61. The van der Waals surface area contributed by atoms with E-state index >= 15 is 0 Å². The summed E-state index contributed by atoms with van der Waals surface area (Å²) in [6.45, 7) is 4.06. The number of carbonyl (C=O) groups is 1. The molecule has 0 atom stereocenters. The second kappa shape index (κ2) is 7.33. The number of fused-ring (bicyclic) bond motifs is 1. The molecule has 3 aromatic carbocycles. The van der Waals surface area contributed by atoms with E-state index in [9.17, 15) is 18.0 Å². The van der Waals surface area contributed by atoms with Crippen molar-refractivity contribution in [3.63, 3.8) is 0 Å². The maximum Gasteiger partial charge on any atom is 0.417 e. The molecule has 1 aromatic heterocycles. The van der Waals surface area contributed by atoms with Crippen LogP contribution in [0.25, 0.3) is 22.4 Å². The zero-order chi connectivity index (χ0) is 21.5. The Labute approximate surface area is 170 Å². The van der Waals surface area contributed by atoms with Gasteiger partial charge in [0.15, 0.2) is 0 Å². The number of alkyl halides is 3. The van der Waals surface area contributed by atoms with Crippen molar-refractivity contribution >= 4 is 22.6 Å². The highest BCUT2D eigenvalue weighted by Gasteiger charge is 2.34. The number of benzene rings is 3. The number of hydrogen-bond donors (Lipinski definition) is 2. The quantitative estimate of drug-likeness (QED) is 0.428. The van der Waals surface area contributed by atoms with Gasteiger partial charge in [-0.25, -0.2) is 4.98 Å². The van der Waals surface area contributed by atoms with Crippen LogP contribution in [0.4, 0.5) is 18.9 Å². The minimum Gasteiger partial charge on any atom is -0.338 e. The van der Waals surface area contributed by atoms with Crippen LogP contribution in [0.1, 0.15) is 27.0 Å². The fourth-order valence-electron chi connectivity index (χ4n) is 3.24. The highest BCUT2D eigenvalue weighted by Crippen LogP contribution is 2.32. The Morgan fingerprint density at radius 1 is 0.967 bits per heavy atom. The normalized spacial score (nSPS) is 11.6. The molecule has 0 bridgehead atoms. The van der Waals surface area contributed by atoms with E-state index < -0.39 is 23.2 Å². The maximum atomic E-state index is 13.1. The molecule has 2 N–H and O–H groups in total. The number of H-pyrrole nitrogens is 1. The Morgan fingerprint density at radius 3 is 2.33 bits per heavy atom. The van der Waals surface area contributed by atoms with Gasteiger partial charge in [0.1, 0.15) is 5.82 Å². The fraction of sp³-hybridized carbons (Fsp3) is 0.130. The van der Waals surface area contributed by atoms with Crippen molar-refractivity contribution in [2.75, 3.05) is 5.32 Å². The molecule has 1 amide bonds. The number of aryl methyl sites for hydroxylation is 2. The second-order valence-electron chi connectivity index (χ2n) is 7.11. The first kappa shape index (κ1) is 19.7. The third-order valence-corrected chi connectivity index (χ3v) is 4.99. The van der Waals surface area contributed by atoms with Gasteiger partial charge in [0.2, 0.25) is 0 Å². The van der Waals surface area contributed by atoms with E-state index in [2.05, 4.69) is 15.3 Å². The standard InChI is InChI=1S/C23H18F3N3O/c1-13-11-19-20(12-14(13)2)29-21(28-19)15-7-9-16(10-8-15)27-22(30)17-5-3-4-6-18(17)23(24,25)26/h3-12H,1-2H3,(H,27,30)(H,28,29). The number of imidazole rings is 1. The summed E-state index contributed by atoms with van der Waals surface area (Å²) in [5.74, 6) is -0.138. The number of halogens is 3. The van der Waals surface area contributed by atoms with Gasteiger partial charge in [-0.1, -0.05) is 12.1 Å². The van der Waals surface area contributed by atoms with Gasteiger partial charge in [-0.15, -0.1) is 0 Å². The van der Waals surface area contributed by atoms with Gasteiger partial charge in [-0.2, -0.15) is 13.2 Å². The minimum atomic E-state index is -4.60. The molecule has 4 rings (SSSR count). The van der Waals surface area contributed by atoms with Crippen LogP contribution in [0.5, 0.6) is 0 Å². The molecule has 30 heavy (non-hydrogen) atoms. The van der Waals surface area contributed by atoms with Gasteiger partial charge in [0, 0.05) is 11.3 Å². The predicted molar refractivity (Wildman–Crippen MR) is 110 cm³/mol. The molecule has 0 aliphatic heterocycles. The molecule has 0 radical (unpaired) electrons. The van der Waals surface area contributed by atoms with Crippen LogP contribution in [0.2, 0.25) is 0 Å². The summed E-state index contributed by atoms with van der Waals surface area (Å²) in [5, 5.41) is 2.52. The van der Waals surface area contributed by atoms with Crippen molar-refractivity contribution in [3.8, 4) is 11.4 Å². The maximum absolute atomic E-state index is 13.1. The molecule has 0 saturated heterocycles. The smallest absolute Gasteiger partial charge is 0.338 e. The van der Waals surface area contributed by atoms with Crippen LogP contribution in [0.15, 0.2) is 60.7 Å². The molecule has 4 aromatic rings. The number of nitrogens with zero attached hydrogens (tertiary/aromatic N) is 1. The van der Waals surface area contributed by atoms with E-state index in [1.165, 1.54) is 12.1 Å². The lowest BCUT2D eigenvalue weighted by Crippen LogP contribution is -2.18. The summed E-state index contributed by atoms with van der Waals surface area (Å²) < 4.78 is 39.4. The molecule has 0 aliphatic rings. The van der Waals surface area contributed by atoms with Crippen LogP contribution in [-0.2, 0) is 6.18 Å². The van der Waals surface area contributed by atoms with Gasteiger partial charge < -0.3 is 10.3 Å². The topological polar surface area (TPSA) is 57.8 Å². The lowest BCUT2D eigenvalue weighted by atomic mass is 10.1. The summed E-state index contributed by atoms with van der Waals surface area (Å²) >= 11 is 0. The SMILES string of the molecule is Cc1cc2nc(-c3ccc(NC(=O)c4ccccc4C(F)(F)F)cc3)[nH]c2cc1C. The van der Waals surface area contributed by atoms with Gasteiger partial charge in [0.05, 0.1) is 22.2 Å². The second-order valence-corrected chi connectivity index (χ2v) is 7.11. The molecular formula is C23H18F3N3O. The minimum absolute atomic E-state index is 0.392. The van der Waals surface area contributed by atoms with Gasteiger partial charge in [-0.05, 0) is 73.5 Å². The summed E-state index contributed by atoms with van der Waals surface area (Å²) in [6, 6.07) is 15.5. The average Bonchev–Trinajstić information content (AvgIpc) is 3.11. The highest BCUT2D eigenvalue weighted by molar-refractivity contribution is 6.05. The third kappa shape index (κ3) is 3.78. The van der Waals surface area contributed by atoms with Crippen molar-refractivity contribution < 1.29 is 18.0 Å². The monoisotopic (exact) mass is 409 g/mol. The van der Waals surface area contributed by atoms with Crippen molar-refractivity contribution in [1.29, 1.82) is 0 Å². The van der Waals surface area contributed by atoms with Crippen LogP contribution in [-0.4, -0.2) is 15.9 Å². The van der Waals surface area contributed by atoms with Gasteiger partial charge >= 0.3 is 6.18 Å². The van der Waals surface area contributed by atoms with Crippen LogP contribution in [0, 0.1) is 13.8 Å². The Balaban J connectivity index is 1.57. The van der Waals surface area contributed by atoms with E-state index in [0.717, 1.165) is 39.9 Å². The van der Waals surface area contributed by atoms with E-state index in [1.807, 2.05) is 26.0 Å². The molecule has 0 fully saturated rings. The largest absolute Gasteiger partial charge is 0.417 e. The molecule has 4 nitrogen and oxygen atoms in total.